The second kappa shape index (κ2) is 8.29. The Kier molecular flexibility index (Phi) is 5.84. The molecular weight excluding hydrogens is 344 g/mol. The van der Waals surface area contributed by atoms with E-state index >= 15 is 0 Å². The number of ether oxygens (including phenoxy) is 1. The lowest BCUT2D eigenvalue weighted by atomic mass is 10.0. The molecule has 0 bridgehead atoms. The zero-order valence-electron chi connectivity index (χ0n) is 16.1. The Morgan fingerprint density at radius 2 is 1.74 bits per heavy atom. The number of methoxy groups -OCH3 is 1. The van der Waals surface area contributed by atoms with E-state index < -0.39 is 0 Å². The van der Waals surface area contributed by atoms with Crippen LogP contribution in [0.25, 0.3) is 0 Å². The van der Waals surface area contributed by atoms with Crippen LogP contribution in [0.3, 0.4) is 0 Å². The second-order valence-corrected chi connectivity index (χ2v) is 7.03. The van der Waals surface area contributed by atoms with Crippen molar-refractivity contribution in [3.8, 4) is 5.75 Å². The molecule has 1 aliphatic heterocycles. The summed E-state index contributed by atoms with van der Waals surface area (Å²) in [6.45, 7) is 6.39. The maximum absolute atomic E-state index is 13.0. The summed E-state index contributed by atoms with van der Waals surface area (Å²) in [5.41, 5.74) is 1.70. The van der Waals surface area contributed by atoms with Crippen LogP contribution in [-0.2, 0) is 0 Å². The van der Waals surface area contributed by atoms with Crippen LogP contribution in [0.4, 0.5) is 0 Å². The zero-order valence-corrected chi connectivity index (χ0v) is 16.1. The maximum atomic E-state index is 13.0. The van der Waals surface area contributed by atoms with Gasteiger partial charge in [0.15, 0.2) is 5.76 Å². The van der Waals surface area contributed by atoms with Gasteiger partial charge in [-0.25, -0.2) is 0 Å². The average molecular weight is 370 g/mol. The molecule has 1 aromatic heterocycles. The molecule has 1 fully saturated rings. The molecule has 1 aromatic carbocycles. The van der Waals surface area contributed by atoms with E-state index in [1.54, 1.807) is 29.0 Å². The quantitative estimate of drug-likeness (QED) is 0.827. The first-order chi connectivity index (χ1) is 13.0. The Labute approximate surface area is 159 Å². The second-order valence-electron chi connectivity index (χ2n) is 7.03. The van der Waals surface area contributed by atoms with Gasteiger partial charge in [-0.3, -0.25) is 9.59 Å². The van der Waals surface area contributed by atoms with Crippen molar-refractivity contribution in [1.29, 1.82) is 0 Å². The molecule has 0 atom stereocenters. The number of nitrogens with zero attached hydrogens (tertiary/aromatic N) is 2. The van der Waals surface area contributed by atoms with Crippen LogP contribution in [0.5, 0.6) is 5.75 Å². The standard InChI is InChI=1S/C21H26N2O4/c1-15(2)16-7-8-17(19(14-16)26-3)20(24)22-9-5-10-23(12-11-22)21(25)18-6-4-13-27-18/h4,6-8,13-15H,5,9-12H2,1-3H3. The highest BCUT2D eigenvalue weighted by Gasteiger charge is 2.26. The Balaban J connectivity index is 1.72. The minimum Gasteiger partial charge on any atom is -0.496 e. The highest BCUT2D eigenvalue weighted by molar-refractivity contribution is 5.97. The SMILES string of the molecule is COc1cc(C(C)C)ccc1C(=O)N1CCCN(C(=O)c2ccco2)CC1. The van der Waals surface area contributed by atoms with Gasteiger partial charge in [-0.05, 0) is 42.2 Å². The lowest BCUT2D eigenvalue weighted by Gasteiger charge is -2.23. The number of hydrogen-bond donors (Lipinski definition) is 0. The third-order valence-electron chi connectivity index (χ3n) is 4.92. The normalized spacial score (nSPS) is 15.0. The molecule has 3 rings (SSSR count). The largest absolute Gasteiger partial charge is 0.496 e. The van der Waals surface area contributed by atoms with Crippen LogP contribution in [0.15, 0.2) is 41.0 Å². The van der Waals surface area contributed by atoms with Crippen LogP contribution < -0.4 is 4.74 Å². The molecule has 0 radical (unpaired) electrons. The highest BCUT2D eigenvalue weighted by Crippen LogP contribution is 2.26. The predicted molar refractivity (Wildman–Crippen MR) is 102 cm³/mol. The fourth-order valence-corrected chi connectivity index (χ4v) is 3.29. The minimum atomic E-state index is -0.131. The first-order valence-corrected chi connectivity index (χ1v) is 9.31. The van der Waals surface area contributed by atoms with Crippen LogP contribution in [0.2, 0.25) is 0 Å². The monoisotopic (exact) mass is 370 g/mol. The summed E-state index contributed by atoms with van der Waals surface area (Å²) in [4.78, 5) is 29.0. The Morgan fingerprint density at radius 1 is 1.04 bits per heavy atom. The zero-order chi connectivity index (χ0) is 19.4. The molecule has 0 unspecified atom stereocenters. The van der Waals surface area contributed by atoms with E-state index in [1.165, 1.54) is 6.26 Å². The summed E-state index contributed by atoms with van der Waals surface area (Å²) in [5, 5.41) is 0. The van der Waals surface area contributed by atoms with Gasteiger partial charge >= 0.3 is 0 Å². The van der Waals surface area contributed by atoms with Crippen molar-refractivity contribution in [3.05, 3.63) is 53.5 Å². The van der Waals surface area contributed by atoms with Crippen molar-refractivity contribution >= 4 is 11.8 Å². The summed E-state index contributed by atoms with van der Waals surface area (Å²) in [6.07, 6.45) is 2.22. The molecule has 27 heavy (non-hydrogen) atoms. The van der Waals surface area contributed by atoms with Crippen molar-refractivity contribution in [2.24, 2.45) is 0 Å². The van der Waals surface area contributed by atoms with Crippen molar-refractivity contribution in [2.45, 2.75) is 26.2 Å². The third kappa shape index (κ3) is 4.15. The first kappa shape index (κ1) is 19.0. The van der Waals surface area contributed by atoms with Gasteiger partial charge in [-0.15, -0.1) is 0 Å². The van der Waals surface area contributed by atoms with Crippen LogP contribution >= 0.6 is 0 Å². The molecule has 0 aliphatic carbocycles. The molecule has 0 saturated carbocycles. The number of carbonyl (C=O) groups excluding carboxylic acids is 2. The van der Waals surface area contributed by atoms with Gasteiger partial charge in [0, 0.05) is 26.2 Å². The summed E-state index contributed by atoms with van der Waals surface area (Å²) < 4.78 is 10.7. The third-order valence-corrected chi connectivity index (χ3v) is 4.92. The molecular formula is C21H26N2O4. The van der Waals surface area contributed by atoms with Gasteiger partial charge in [0.05, 0.1) is 18.9 Å². The van der Waals surface area contributed by atoms with Crippen LogP contribution in [-0.4, -0.2) is 54.9 Å². The maximum Gasteiger partial charge on any atom is 0.289 e. The number of rotatable bonds is 4. The molecule has 2 heterocycles. The number of benzene rings is 1. The summed E-state index contributed by atoms with van der Waals surface area (Å²) in [6, 6.07) is 9.12. The number of hydrogen-bond acceptors (Lipinski definition) is 4. The van der Waals surface area contributed by atoms with Gasteiger partial charge in [-0.1, -0.05) is 19.9 Å². The van der Waals surface area contributed by atoms with E-state index in [2.05, 4.69) is 13.8 Å². The molecule has 0 spiro atoms. The van der Waals surface area contributed by atoms with E-state index in [0.29, 0.717) is 49.2 Å². The van der Waals surface area contributed by atoms with Crippen molar-refractivity contribution in [3.63, 3.8) is 0 Å². The van der Waals surface area contributed by atoms with Gasteiger partial charge in [0.2, 0.25) is 0 Å². The molecule has 6 heteroatoms. The smallest absolute Gasteiger partial charge is 0.289 e. The first-order valence-electron chi connectivity index (χ1n) is 9.31. The molecule has 6 nitrogen and oxygen atoms in total. The number of carbonyl (C=O) groups is 2. The molecule has 2 amide bonds. The van der Waals surface area contributed by atoms with E-state index in [9.17, 15) is 9.59 Å². The van der Waals surface area contributed by atoms with Crippen molar-refractivity contribution in [1.82, 2.24) is 9.80 Å². The van der Waals surface area contributed by atoms with Gasteiger partial charge in [0.25, 0.3) is 11.8 Å². The average Bonchev–Trinajstić information content (AvgIpc) is 3.11. The van der Waals surface area contributed by atoms with E-state index in [0.717, 1.165) is 12.0 Å². The van der Waals surface area contributed by atoms with Gasteiger partial charge in [0.1, 0.15) is 5.75 Å². The van der Waals surface area contributed by atoms with E-state index in [4.69, 9.17) is 9.15 Å². The summed E-state index contributed by atoms with van der Waals surface area (Å²) in [5.74, 6) is 1.10. The number of amides is 2. The van der Waals surface area contributed by atoms with Crippen LogP contribution in [0.1, 0.15) is 52.7 Å². The minimum absolute atomic E-state index is 0.0607. The lowest BCUT2D eigenvalue weighted by Crippen LogP contribution is -2.37. The van der Waals surface area contributed by atoms with Gasteiger partial charge in [-0.2, -0.15) is 0 Å². The molecule has 1 saturated heterocycles. The molecule has 0 N–H and O–H groups in total. The van der Waals surface area contributed by atoms with E-state index in [1.807, 2.05) is 18.2 Å². The fraction of sp³-hybridized carbons (Fsp3) is 0.429. The molecule has 144 valence electrons. The Hall–Kier alpha value is -2.76. The lowest BCUT2D eigenvalue weighted by molar-refractivity contribution is 0.0699. The summed E-state index contributed by atoms with van der Waals surface area (Å²) in [7, 11) is 1.59. The Morgan fingerprint density at radius 3 is 2.33 bits per heavy atom. The number of furan rings is 1. The Bertz CT molecular complexity index is 799. The molecule has 2 aromatic rings. The van der Waals surface area contributed by atoms with Crippen molar-refractivity contribution < 1.29 is 18.7 Å². The predicted octanol–water partition coefficient (Wildman–Crippen LogP) is 3.40. The highest BCUT2D eigenvalue weighted by atomic mass is 16.5. The summed E-state index contributed by atoms with van der Waals surface area (Å²) >= 11 is 0. The van der Waals surface area contributed by atoms with Crippen LogP contribution in [0, 0.1) is 0 Å². The van der Waals surface area contributed by atoms with Gasteiger partial charge < -0.3 is 19.0 Å². The van der Waals surface area contributed by atoms with Crippen molar-refractivity contribution in [2.75, 3.05) is 33.3 Å². The molecule has 1 aliphatic rings. The topological polar surface area (TPSA) is 63.0 Å². The van der Waals surface area contributed by atoms with E-state index in [-0.39, 0.29) is 11.8 Å². The fourth-order valence-electron chi connectivity index (χ4n) is 3.29.